The Morgan fingerprint density at radius 2 is 2.25 bits per heavy atom. The molecule has 0 atom stereocenters. The Labute approximate surface area is 77.0 Å². The van der Waals surface area contributed by atoms with Crippen LogP contribution >= 0.6 is 0 Å². The van der Waals surface area contributed by atoms with Gasteiger partial charge in [0.25, 0.3) is 0 Å². The molecule has 0 spiro atoms. The van der Waals surface area contributed by atoms with Gasteiger partial charge in [-0.25, -0.2) is 0 Å². The van der Waals surface area contributed by atoms with Crippen molar-refractivity contribution in [2.45, 2.75) is 13.8 Å². The number of carbonyl (C=O) groups is 1. The third-order valence-electron chi connectivity index (χ3n) is 0.827. The predicted molar refractivity (Wildman–Crippen MR) is 30.5 cm³/mol. The summed E-state index contributed by atoms with van der Waals surface area (Å²) in [6.45, 7) is 4.07. The van der Waals surface area contributed by atoms with Crippen LogP contribution in [-0.4, -0.2) is 17.4 Å². The molecule has 0 aliphatic carbocycles. The fraction of sp³-hybridized carbons (Fsp3) is 0.600. The molecule has 0 bridgehead atoms. The summed E-state index contributed by atoms with van der Waals surface area (Å²) >= 11 is 0. The van der Waals surface area contributed by atoms with E-state index in [4.69, 9.17) is 0 Å². The van der Waals surface area contributed by atoms with Crippen molar-refractivity contribution in [3.8, 4) is 0 Å². The van der Waals surface area contributed by atoms with Gasteiger partial charge in [-0.1, -0.05) is 0 Å². The van der Waals surface area contributed by atoms with Crippen LogP contribution < -0.4 is 0 Å². The van der Waals surface area contributed by atoms with Crippen LogP contribution in [0, 0.1) is 7.05 Å². The van der Waals surface area contributed by atoms with Crippen molar-refractivity contribution in [1.29, 1.82) is 0 Å². The van der Waals surface area contributed by atoms with E-state index >= 15 is 0 Å². The maximum absolute atomic E-state index is 10.2. The molecule has 0 rings (SSSR count). The van der Waals surface area contributed by atoms with E-state index in [1.54, 1.807) is 0 Å². The Morgan fingerprint density at radius 1 is 1.88 bits per heavy atom. The van der Waals surface area contributed by atoms with Crippen LogP contribution in [0.4, 0.5) is 0 Å². The van der Waals surface area contributed by atoms with Gasteiger partial charge in [0.2, 0.25) is 0 Å². The minimum absolute atomic E-state index is 0. The average Bonchev–Trinajstić information content (AvgIpc) is 1.65. The summed E-state index contributed by atoms with van der Waals surface area (Å²) in [6, 6.07) is 0. The fourth-order valence-corrected chi connectivity index (χ4v) is 0.223. The molecule has 0 N–H and O–H groups in total. The molecule has 3 heteroatoms. The van der Waals surface area contributed by atoms with E-state index in [1.807, 2.05) is 6.92 Å². The van der Waals surface area contributed by atoms with E-state index in [-0.39, 0.29) is 40.0 Å². The van der Waals surface area contributed by atoms with Gasteiger partial charge in [0, 0.05) is 41.1 Å². The van der Waals surface area contributed by atoms with Gasteiger partial charge in [0.05, 0.1) is 0 Å². The minimum atomic E-state index is 0. The van der Waals surface area contributed by atoms with Gasteiger partial charge in [0.15, 0.2) is 5.91 Å². The number of carbonyl (C=O) groups excluding carboxylic acids is 1. The predicted octanol–water partition coefficient (Wildman–Crippen LogP) is 0.890. The summed E-state index contributed by atoms with van der Waals surface area (Å²) in [4.78, 5) is 11.6. The number of rotatable bonds is 1. The van der Waals surface area contributed by atoms with Gasteiger partial charge < -0.3 is 4.90 Å². The molecule has 0 aliphatic rings. The first-order valence-corrected chi connectivity index (χ1v) is 2.27. The second kappa shape index (κ2) is 5.71. The van der Waals surface area contributed by atoms with E-state index < -0.39 is 0 Å². The first kappa shape index (κ1) is 11.4. The Balaban J connectivity index is -0.000000180. The van der Waals surface area contributed by atoms with E-state index in [1.165, 1.54) is 11.8 Å². The van der Waals surface area contributed by atoms with Crippen molar-refractivity contribution in [3.63, 3.8) is 0 Å². The smallest absolute Gasteiger partial charge is 0.190 e. The molecule has 0 heterocycles. The molecular formula is C5H12NOY-. The van der Waals surface area contributed by atoms with Crippen molar-refractivity contribution in [2.75, 3.05) is 6.54 Å². The molecule has 8 heavy (non-hydrogen) atoms. The maximum Gasteiger partial charge on any atom is 0.190 e. The monoisotopic (exact) mass is 191 g/mol. The minimum Gasteiger partial charge on any atom is -0.496 e. The molecule has 0 aromatic carbocycles. The molecule has 0 aromatic rings. The van der Waals surface area contributed by atoms with E-state index in [9.17, 15) is 4.79 Å². The third-order valence-corrected chi connectivity index (χ3v) is 0.827. The molecule has 1 amide bonds. The Bertz CT molecular complexity index is 79.4. The first-order valence-electron chi connectivity index (χ1n) is 2.27. The molecule has 0 saturated heterocycles. The van der Waals surface area contributed by atoms with Crippen molar-refractivity contribution >= 4 is 5.91 Å². The topological polar surface area (TPSA) is 20.3 Å². The van der Waals surface area contributed by atoms with Gasteiger partial charge in [-0.15, -0.1) is 0 Å². The zero-order valence-electron chi connectivity index (χ0n) is 5.35. The SMILES string of the molecule is [CH2-]N(CC)C(C)=O.[HH].[Y]. The van der Waals surface area contributed by atoms with Gasteiger partial charge in [-0.2, -0.15) is 0 Å². The van der Waals surface area contributed by atoms with Crippen LogP contribution in [-0.2, 0) is 37.5 Å². The summed E-state index contributed by atoms with van der Waals surface area (Å²) in [5.74, 6) is 0.0162. The number of hydrogen-bond acceptors (Lipinski definition) is 1. The molecular weight excluding hydrogens is 179 g/mol. The van der Waals surface area contributed by atoms with Gasteiger partial charge in [-0.05, 0) is 13.5 Å². The Hall–Kier alpha value is 0.574. The van der Waals surface area contributed by atoms with Crippen molar-refractivity contribution in [1.82, 2.24) is 4.90 Å². The summed E-state index contributed by atoms with van der Waals surface area (Å²) in [6.07, 6.45) is 0. The van der Waals surface area contributed by atoms with E-state index in [2.05, 4.69) is 7.05 Å². The van der Waals surface area contributed by atoms with Crippen molar-refractivity contribution < 1.29 is 38.9 Å². The molecule has 0 aromatic heterocycles. The summed E-state index contributed by atoms with van der Waals surface area (Å²) in [5, 5.41) is 0. The van der Waals surface area contributed by atoms with Crippen LogP contribution in [0.15, 0.2) is 0 Å². The zero-order chi connectivity index (χ0) is 5.86. The van der Waals surface area contributed by atoms with Gasteiger partial charge >= 0.3 is 0 Å². The second-order valence-corrected chi connectivity index (χ2v) is 1.38. The number of amides is 1. The standard InChI is InChI=1S/C5H10NO.Y.H2/c1-4-6(3)5(2)7;;/h3-4H2,1-2H3;;1H/q-1;;. The molecule has 0 unspecified atom stereocenters. The first-order chi connectivity index (χ1) is 3.18. The van der Waals surface area contributed by atoms with E-state index in [0.29, 0.717) is 6.54 Å². The van der Waals surface area contributed by atoms with Crippen LogP contribution in [0.1, 0.15) is 15.3 Å². The van der Waals surface area contributed by atoms with Crippen molar-refractivity contribution in [2.24, 2.45) is 0 Å². The largest absolute Gasteiger partial charge is 0.496 e. The molecule has 0 saturated carbocycles. The quantitative estimate of drug-likeness (QED) is 0.563. The molecule has 2 nitrogen and oxygen atoms in total. The average molecular weight is 191 g/mol. The van der Waals surface area contributed by atoms with Gasteiger partial charge in [0.1, 0.15) is 0 Å². The second-order valence-electron chi connectivity index (χ2n) is 1.38. The van der Waals surface area contributed by atoms with Crippen LogP contribution in [0.25, 0.3) is 0 Å². The summed E-state index contributed by atoms with van der Waals surface area (Å²) < 4.78 is 0. The van der Waals surface area contributed by atoms with Crippen LogP contribution in [0.3, 0.4) is 0 Å². The normalized spacial score (nSPS) is 7.38. The Kier molecular flexibility index (Phi) is 8.12. The maximum atomic E-state index is 10.2. The molecule has 47 valence electrons. The number of hydrogen-bond donors (Lipinski definition) is 0. The summed E-state index contributed by atoms with van der Waals surface area (Å²) in [5.41, 5.74) is 0. The molecule has 1 radical (unpaired) electrons. The van der Waals surface area contributed by atoms with Crippen molar-refractivity contribution in [3.05, 3.63) is 7.05 Å². The number of nitrogens with zero attached hydrogens (tertiary/aromatic N) is 1. The molecule has 0 aliphatic heterocycles. The van der Waals surface area contributed by atoms with E-state index in [0.717, 1.165) is 0 Å². The Morgan fingerprint density at radius 3 is 2.25 bits per heavy atom. The third kappa shape index (κ3) is 4.73. The molecule has 0 fully saturated rings. The van der Waals surface area contributed by atoms with Gasteiger partial charge in [-0.3, -0.25) is 11.8 Å². The van der Waals surface area contributed by atoms with Crippen LogP contribution in [0.5, 0.6) is 0 Å². The zero-order valence-corrected chi connectivity index (χ0v) is 8.19. The van der Waals surface area contributed by atoms with Crippen LogP contribution in [0.2, 0.25) is 0 Å². The summed E-state index contributed by atoms with van der Waals surface area (Å²) in [7, 11) is 3.44. The fourth-order valence-electron chi connectivity index (χ4n) is 0.223.